The van der Waals surface area contributed by atoms with Gasteiger partial charge in [-0.05, 0) is 13.8 Å². The number of morpholine rings is 1. The first-order valence-electron chi connectivity index (χ1n) is 8.43. The molecule has 2 atom stereocenters. The molecule has 1 aliphatic rings. The molecule has 2 aromatic carbocycles. The van der Waals surface area contributed by atoms with Gasteiger partial charge in [0, 0.05) is 29.4 Å². The van der Waals surface area contributed by atoms with Crippen molar-refractivity contribution in [2.75, 3.05) is 18.0 Å². The molecule has 0 aliphatic carbocycles. The van der Waals surface area contributed by atoms with Crippen LogP contribution in [0.15, 0.2) is 54.6 Å². The van der Waals surface area contributed by atoms with Crippen molar-refractivity contribution >= 4 is 16.6 Å². The third-order valence-electron chi connectivity index (χ3n) is 4.43. The van der Waals surface area contributed by atoms with Crippen molar-refractivity contribution in [2.24, 2.45) is 0 Å². The highest BCUT2D eigenvalue weighted by Gasteiger charge is 2.25. The molecule has 0 N–H and O–H groups in total. The molecule has 4 heteroatoms. The molecule has 1 aliphatic heterocycles. The summed E-state index contributed by atoms with van der Waals surface area (Å²) in [5.74, 6) is 0.951. The van der Waals surface area contributed by atoms with Crippen LogP contribution in [0.1, 0.15) is 13.8 Å². The normalized spacial score (nSPS) is 21.2. The van der Waals surface area contributed by atoms with Gasteiger partial charge < -0.3 is 9.64 Å². The monoisotopic (exact) mass is 319 g/mol. The maximum absolute atomic E-state index is 5.85. The van der Waals surface area contributed by atoms with Gasteiger partial charge in [0.2, 0.25) is 0 Å². The minimum Gasteiger partial charge on any atom is -0.372 e. The predicted octanol–water partition coefficient (Wildman–Crippen LogP) is 3.91. The lowest BCUT2D eigenvalue weighted by Gasteiger charge is -2.36. The first-order chi connectivity index (χ1) is 11.7. The molecule has 0 saturated carbocycles. The standard InChI is InChI=1S/C20H21N3O/c1-14-12-23(13-15(2)24-14)20-18-11-7-6-10-17(18)19(21-22-20)16-8-4-3-5-9-16/h3-11,14-15H,12-13H2,1-2H3/t14-,15+. The lowest BCUT2D eigenvalue weighted by Crippen LogP contribution is -2.46. The molecular weight excluding hydrogens is 298 g/mol. The van der Waals surface area contributed by atoms with E-state index in [-0.39, 0.29) is 12.2 Å². The zero-order chi connectivity index (χ0) is 16.5. The van der Waals surface area contributed by atoms with Crippen LogP contribution in [0, 0.1) is 0 Å². The van der Waals surface area contributed by atoms with Crippen LogP contribution in [0.5, 0.6) is 0 Å². The highest BCUT2D eigenvalue weighted by atomic mass is 16.5. The topological polar surface area (TPSA) is 38.2 Å². The number of nitrogens with zero attached hydrogens (tertiary/aromatic N) is 3. The van der Waals surface area contributed by atoms with Crippen LogP contribution in [0.3, 0.4) is 0 Å². The predicted molar refractivity (Wildman–Crippen MR) is 97.2 cm³/mol. The van der Waals surface area contributed by atoms with Crippen LogP contribution in [0.2, 0.25) is 0 Å². The molecule has 0 unspecified atom stereocenters. The molecule has 0 bridgehead atoms. The van der Waals surface area contributed by atoms with Crippen LogP contribution < -0.4 is 4.90 Å². The summed E-state index contributed by atoms with van der Waals surface area (Å²) in [6.07, 6.45) is 0.395. The molecule has 0 spiro atoms. The summed E-state index contributed by atoms with van der Waals surface area (Å²) in [5.41, 5.74) is 2.03. The molecule has 0 amide bonds. The number of rotatable bonds is 2. The van der Waals surface area contributed by atoms with E-state index in [1.807, 2.05) is 18.2 Å². The molecule has 122 valence electrons. The van der Waals surface area contributed by atoms with Crippen molar-refractivity contribution in [1.29, 1.82) is 0 Å². The van der Waals surface area contributed by atoms with Gasteiger partial charge in [0.25, 0.3) is 0 Å². The van der Waals surface area contributed by atoms with E-state index >= 15 is 0 Å². The van der Waals surface area contributed by atoms with Crippen LogP contribution in [0.4, 0.5) is 5.82 Å². The Labute approximate surface area is 142 Å². The van der Waals surface area contributed by atoms with Crippen molar-refractivity contribution in [3.05, 3.63) is 54.6 Å². The van der Waals surface area contributed by atoms with Gasteiger partial charge in [-0.3, -0.25) is 0 Å². The number of benzene rings is 2. The van der Waals surface area contributed by atoms with Gasteiger partial charge in [-0.15, -0.1) is 10.2 Å². The molecule has 1 saturated heterocycles. The minimum absolute atomic E-state index is 0.197. The van der Waals surface area contributed by atoms with Gasteiger partial charge in [0.1, 0.15) is 5.69 Å². The summed E-state index contributed by atoms with van der Waals surface area (Å²) >= 11 is 0. The van der Waals surface area contributed by atoms with Crippen LogP contribution >= 0.6 is 0 Å². The summed E-state index contributed by atoms with van der Waals surface area (Å²) in [5, 5.41) is 11.5. The van der Waals surface area contributed by atoms with Crippen molar-refractivity contribution < 1.29 is 4.74 Å². The largest absolute Gasteiger partial charge is 0.372 e. The molecular formula is C20H21N3O. The second kappa shape index (κ2) is 6.21. The van der Waals surface area contributed by atoms with Gasteiger partial charge in [-0.1, -0.05) is 54.6 Å². The van der Waals surface area contributed by atoms with E-state index in [0.29, 0.717) is 0 Å². The smallest absolute Gasteiger partial charge is 0.159 e. The summed E-state index contributed by atoms with van der Waals surface area (Å²) < 4.78 is 5.85. The summed E-state index contributed by atoms with van der Waals surface area (Å²) in [6, 6.07) is 18.6. The molecule has 3 aromatic rings. The summed E-state index contributed by atoms with van der Waals surface area (Å²) in [6.45, 7) is 5.90. The molecule has 4 nitrogen and oxygen atoms in total. The van der Waals surface area contributed by atoms with Crippen LogP contribution in [0.25, 0.3) is 22.0 Å². The SMILES string of the molecule is C[C@@H]1CN(c2nnc(-c3ccccc3)c3ccccc23)C[C@H](C)O1. The van der Waals surface area contributed by atoms with E-state index in [1.165, 1.54) is 0 Å². The molecule has 1 fully saturated rings. The van der Waals surface area contributed by atoms with Gasteiger partial charge >= 0.3 is 0 Å². The second-order valence-corrected chi connectivity index (χ2v) is 6.45. The van der Waals surface area contributed by atoms with Gasteiger partial charge in [-0.25, -0.2) is 0 Å². The number of aromatic nitrogens is 2. The number of hydrogen-bond donors (Lipinski definition) is 0. The number of hydrogen-bond acceptors (Lipinski definition) is 4. The minimum atomic E-state index is 0.197. The van der Waals surface area contributed by atoms with Crippen molar-refractivity contribution in [3.63, 3.8) is 0 Å². The quantitative estimate of drug-likeness (QED) is 0.718. The Morgan fingerprint density at radius 3 is 2.17 bits per heavy atom. The Hall–Kier alpha value is -2.46. The van der Waals surface area contributed by atoms with E-state index in [0.717, 1.165) is 40.9 Å². The number of fused-ring (bicyclic) bond motifs is 1. The lowest BCUT2D eigenvalue weighted by molar-refractivity contribution is -0.00540. The highest BCUT2D eigenvalue weighted by molar-refractivity contribution is 6.00. The highest BCUT2D eigenvalue weighted by Crippen LogP contribution is 2.32. The zero-order valence-corrected chi connectivity index (χ0v) is 14.0. The summed E-state index contributed by atoms with van der Waals surface area (Å²) in [4.78, 5) is 2.29. The molecule has 4 rings (SSSR count). The molecule has 0 radical (unpaired) electrons. The van der Waals surface area contributed by atoms with E-state index in [2.05, 4.69) is 65.3 Å². The maximum atomic E-state index is 5.85. The Morgan fingerprint density at radius 2 is 1.46 bits per heavy atom. The fourth-order valence-electron chi connectivity index (χ4n) is 3.48. The first-order valence-corrected chi connectivity index (χ1v) is 8.43. The fraction of sp³-hybridized carbons (Fsp3) is 0.300. The number of anilines is 1. The average Bonchev–Trinajstić information content (AvgIpc) is 2.60. The Kier molecular flexibility index (Phi) is 3.90. The van der Waals surface area contributed by atoms with Crippen molar-refractivity contribution in [1.82, 2.24) is 10.2 Å². The Balaban J connectivity index is 1.84. The fourth-order valence-corrected chi connectivity index (χ4v) is 3.48. The van der Waals surface area contributed by atoms with Crippen molar-refractivity contribution in [2.45, 2.75) is 26.1 Å². The van der Waals surface area contributed by atoms with E-state index < -0.39 is 0 Å². The Bertz CT molecular complexity index is 840. The van der Waals surface area contributed by atoms with Crippen LogP contribution in [-0.2, 0) is 4.74 Å². The Morgan fingerprint density at radius 1 is 0.833 bits per heavy atom. The lowest BCUT2D eigenvalue weighted by atomic mass is 10.0. The van der Waals surface area contributed by atoms with Crippen LogP contribution in [-0.4, -0.2) is 35.5 Å². The summed E-state index contributed by atoms with van der Waals surface area (Å²) in [7, 11) is 0. The van der Waals surface area contributed by atoms with Gasteiger partial charge in [0.05, 0.1) is 12.2 Å². The van der Waals surface area contributed by atoms with Gasteiger partial charge in [-0.2, -0.15) is 0 Å². The third kappa shape index (κ3) is 2.74. The van der Waals surface area contributed by atoms with E-state index in [1.54, 1.807) is 0 Å². The second-order valence-electron chi connectivity index (χ2n) is 6.45. The van der Waals surface area contributed by atoms with Gasteiger partial charge in [0.15, 0.2) is 5.82 Å². The van der Waals surface area contributed by atoms with E-state index in [9.17, 15) is 0 Å². The first kappa shape index (κ1) is 15.1. The molecule has 2 heterocycles. The average molecular weight is 319 g/mol. The van der Waals surface area contributed by atoms with Crippen molar-refractivity contribution in [3.8, 4) is 11.3 Å². The molecule has 24 heavy (non-hydrogen) atoms. The maximum Gasteiger partial charge on any atom is 0.159 e. The number of ether oxygens (including phenoxy) is 1. The third-order valence-corrected chi connectivity index (χ3v) is 4.43. The zero-order valence-electron chi connectivity index (χ0n) is 14.0. The van der Waals surface area contributed by atoms with E-state index in [4.69, 9.17) is 4.74 Å². The molecule has 1 aromatic heterocycles.